The van der Waals surface area contributed by atoms with Crippen LogP contribution in [0, 0.1) is 13.8 Å². The van der Waals surface area contributed by atoms with Crippen LogP contribution in [-0.2, 0) is 4.79 Å². The first-order valence-corrected chi connectivity index (χ1v) is 8.99. The average Bonchev–Trinajstić information content (AvgIpc) is 2.62. The minimum absolute atomic E-state index is 0.0898. The van der Waals surface area contributed by atoms with Crippen molar-refractivity contribution in [3.8, 4) is 0 Å². The lowest BCUT2D eigenvalue weighted by Gasteiger charge is -2.12. The number of amides is 2. The first-order chi connectivity index (χ1) is 12.5. The first kappa shape index (κ1) is 19.5. The number of benzene rings is 2. The summed E-state index contributed by atoms with van der Waals surface area (Å²) < 4.78 is 0. The van der Waals surface area contributed by atoms with Crippen LogP contribution < -0.4 is 16.0 Å². The van der Waals surface area contributed by atoms with Crippen molar-refractivity contribution < 1.29 is 9.59 Å². The summed E-state index contributed by atoms with van der Waals surface area (Å²) >= 11 is 0. The highest BCUT2D eigenvalue weighted by molar-refractivity contribution is 5.96. The summed E-state index contributed by atoms with van der Waals surface area (Å²) in [7, 11) is 0. The molecule has 5 nitrogen and oxygen atoms in total. The van der Waals surface area contributed by atoms with Gasteiger partial charge in [0, 0.05) is 23.5 Å². The van der Waals surface area contributed by atoms with Crippen molar-refractivity contribution in [2.24, 2.45) is 0 Å². The van der Waals surface area contributed by atoms with Crippen LogP contribution in [0.3, 0.4) is 0 Å². The number of carbonyl (C=O) groups excluding carboxylic acids is 2. The minimum atomic E-state index is -0.132. The maximum Gasteiger partial charge on any atom is 0.251 e. The highest BCUT2D eigenvalue weighted by Crippen LogP contribution is 2.19. The monoisotopic (exact) mass is 353 g/mol. The van der Waals surface area contributed by atoms with Gasteiger partial charge >= 0.3 is 0 Å². The molecule has 0 atom stereocenters. The van der Waals surface area contributed by atoms with E-state index in [1.807, 2.05) is 32.0 Å². The Bertz CT molecular complexity index is 734. The van der Waals surface area contributed by atoms with Crippen molar-refractivity contribution >= 4 is 23.2 Å². The number of unbranched alkanes of at least 4 members (excludes halogenated alkanes) is 1. The van der Waals surface area contributed by atoms with Gasteiger partial charge in [0.05, 0.1) is 6.54 Å². The average molecular weight is 353 g/mol. The first-order valence-electron chi connectivity index (χ1n) is 8.99. The summed E-state index contributed by atoms with van der Waals surface area (Å²) in [6.07, 6.45) is 2.01. The van der Waals surface area contributed by atoms with Crippen LogP contribution in [-0.4, -0.2) is 24.9 Å². The van der Waals surface area contributed by atoms with Gasteiger partial charge in [0.1, 0.15) is 0 Å². The number of hydrogen-bond acceptors (Lipinski definition) is 3. The lowest BCUT2D eigenvalue weighted by atomic mass is 10.1. The molecule has 0 aromatic heterocycles. The van der Waals surface area contributed by atoms with E-state index in [0.717, 1.165) is 29.7 Å². The normalized spacial score (nSPS) is 10.3. The van der Waals surface area contributed by atoms with Crippen LogP contribution in [0.2, 0.25) is 0 Å². The van der Waals surface area contributed by atoms with Gasteiger partial charge in [0.15, 0.2) is 0 Å². The second-order valence-electron chi connectivity index (χ2n) is 6.36. The van der Waals surface area contributed by atoms with E-state index in [1.165, 1.54) is 0 Å². The zero-order valence-electron chi connectivity index (χ0n) is 15.7. The Morgan fingerprint density at radius 3 is 2.23 bits per heavy atom. The zero-order chi connectivity index (χ0) is 18.9. The highest BCUT2D eigenvalue weighted by Gasteiger charge is 2.08. The quantitative estimate of drug-likeness (QED) is 0.631. The molecule has 0 aliphatic rings. The van der Waals surface area contributed by atoms with E-state index in [1.54, 1.807) is 24.3 Å². The maximum absolute atomic E-state index is 12.1. The van der Waals surface area contributed by atoms with Crippen molar-refractivity contribution in [3.63, 3.8) is 0 Å². The second-order valence-corrected chi connectivity index (χ2v) is 6.36. The predicted octanol–water partition coefficient (Wildman–Crippen LogP) is 3.88. The van der Waals surface area contributed by atoms with E-state index in [-0.39, 0.29) is 18.4 Å². The van der Waals surface area contributed by atoms with Gasteiger partial charge in [-0.2, -0.15) is 0 Å². The summed E-state index contributed by atoms with van der Waals surface area (Å²) in [6, 6.07) is 12.9. The van der Waals surface area contributed by atoms with Crippen molar-refractivity contribution in [3.05, 3.63) is 59.2 Å². The van der Waals surface area contributed by atoms with Gasteiger partial charge in [-0.25, -0.2) is 0 Å². The molecule has 0 heterocycles. The largest absolute Gasteiger partial charge is 0.376 e. The molecule has 0 saturated carbocycles. The van der Waals surface area contributed by atoms with E-state index >= 15 is 0 Å². The van der Waals surface area contributed by atoms with Gasteiger partial charge in [-0.1, -0.05) is 31.5 Å². The van der Waals surface area contributed by atoms with Crippen molar-refractivity contribution in [2.45, 2.75) is 33.6 Å². The summed E-state index contributed by atoms with van der Waals surface area (Å²) in [4.78, 5) is 24.1. The molecule has 2 aromatic carbocycles. The number of aryl methyl sites for hydroxylation is 2. The summed E-state index contributed by atoms with van der Waals surface area (Å²) in [5, 5.41) is 8.89. The van der Waals surface area contributed by atoms with E-state index < -0.39 is 0 Å². The van der Waals surface area contributed by atoms with Crippen LogP contribution in [0.5, 0.6) is 0 Å². The smallest absolute Gasteiger partial charge is 0.251 e. The lowest BCUT2D eigenvalue weighted by molar-refractivity contribution is -0.114. The number of carbonyl (C=O) groups is 2. The number of hydrogen-bond donors (Lipinski definition) is 3. The topological polar surface area (TPSA) is 70.2 Å². The van der Waals surface area contributed by atoms with Crippen LogP contribution in [0.1, 0.15) is 41.3 Å². The van der Waals surface area contributed by atoms with Crippen LogP contribution >= 0.6 is 0 Å². The molecule has 2 amide bonds. The summed E-state index contributed by atoms with van der Waals surface area (Å²) in [5.74, 6) is -0.221. The third-order valence-electron chi connectivity index (χ3n) is 4.15. The third kappa shape index (κ3) is 5.62. The van der Waals surface area contributed by atoms with Gasteiger partial charge in [-0.05, 0) is 55.7 Å². The molecule has 0 fully saturated rings. The molecule has 26 heavy (non-hydrogen) atoms. The van der Waals surface area contributed by atoms with Gasteiger partial charge < -0.3 is 16.0 Å². The highest BCUT2D eigenvalue weighted by atomic mass is 16.2. The van der Waals surface area contributed by atoms with E-state index in [2.05, 4.69) is 22.9 Å². The van der Waals surface area contributed by atoms with E-state index in [0.29, 0.717) is 17.8 Å². The van der Waals surface area contributed by atoms with Gasteiger partial charge in [0.25, 0.3) is 5.91 Å². The zero-order valence-corrected chi connectivity index (χ0v) is 15.7. The van der Waals surface area contributed by atoms with Gasteiger partial charge in [0.2, 0.25) is 5.91 Å². The fourth-order valence-corrected chi connectivity index (χ4v) is 2.65. The molecule has 2 aromatic rings. The lowest BCUT2D eigenvalue weighted by Crippen LogP contribution is -2.24. The number of nitrogens with one attached hydrogen (secondary N) is 3. The maximum atomic E-state index is 12.1. The van der Waals surface area contributed by atoms with E-state index in [4.69, 9.17) is 0 Å². The molecule has 0 unspecified atom stereocenters. The Balaban J connectivity index is 1.86. The molecular weight excluding hydrogens is 326 g/mol. The van der Waals surface area contributed by atoms with Crippen LogP contribution in [0.25, 0.3) is 0 Å². The Kier molecular flexibility index (Phi) is 7.21. The molecular formula is C21H27N3O2. The third-order valence-corrected chi connectivity index (χ3v) is 4.15. The van der Waals surface area contributed by atoms with Crippen molar-refractivity contribution in [1.82, 2.24) is 5.32 Å². The van der Waals surface area contributed by atoms with Crippen molar-refractivity contribution in [1.29, 1.82) is 0 Å². The van der Waals surface area contributed by atoms with Crippen LogP contribution in [0.4, 0.5) is 11.4 Å². The SMILES string of the molecule is CCCCNC(=O)c1ccc(NC(=O)CNc2c(C)cccc2C)cc1. The molecule has 2 rings (SSSR count). The Morgan fingerprint density at radius 2 is 1.62 bits per heavy atom. The van der Waals surface area contributed by atoms with Crippen LogP contribution in [0.15, 0.2) is 42.5 Å². The molecule has 0 spiro atoms. The number of para-hydroxylation sites is 1. The predicted molar refractivity (Wildman–Crippen MR) is 107 cm³/mol. The van der Waals surface area contributed by atoms with Crippen molar-refractivity contribution in [2.75, 3.05) is 23.7 Å². The molecule has 0 radical (unpaired) electrons. The molecule has 0 saturated heterocycles. The van der Waals surface area contributed by atoms with Gasteiger partial charge in [-0.3, -0.25) is 9.59 Å². The second kappa shape index (κ2) is 9.61. The summed E-state index contributed by atoms with van der Waals surface area (Å²) in [5.41, 5.74) is 4.46. The standard InChI is InChI=1S/C21H27N3O2/c1-4-5-13-22-21(26)17-9-11-18(12-10-17)24-19(25)14-23-20-15(2)7-6-8-16(20)3/h6-12,23H,4-5,13-14H2,1-3H3,(H,22,26)(H,24,25). The Labute approximate surface area is 155 Å². The number of rotatable bonds is 8. The Morgan fingerprint density at radius 1 is 0.962 bits per heavy atom. The fraction of sp³-hybridized carbons (Fsp3) is 0.333. The molecule has 3 N–H and O–H groups in total. The van der Waals surface area contributed by atoms with Gasteiger partial charge in [-0.15, -0.1) is 0 Å². The fourth-order valence-electron chi connectivity index (χ4n) is 2.65. The number of anilines is 2. The molecule has 0 bridgehead atoms. The van der Waals surface area contributed by atoms with E-state index in [9.17, 15) is 9.59 Å². The molecule has 138 valence electrons. The molecule has 5 heteroatoms. The summed E-state index contributed by atoms with van der Waals surface area (Å²) in [6.45, 7) is 6.97. The molecule has 0 aliphatic carbocycles. The molecule has 0 aliphatic heterocycles. The minimum Gasteiger partial charge on any atom is -0.376 e. The Hall–Kier alpha value is -2.82.